The zero-order valence-corrected chi connectivity index (χ0v) is 15.5. The van der Waals surface area contributed by atoms with E-state index in [2.05, 4.69) is 5.32 Å². The van der Waals surface area contributed by atoms with Gasteiger partial charge in [0, 0.05) is 17.3 Å². The molecule has 0 aliphatic rings. The van der Waals surface area contributed by atoms with Crippen LogP contribution >= 0.6 is 0 Å². The van der Waals surface area contributed by atoms with E-state index in [0.29, 0.717) is 23.6 Å². The van der Waals surface area contributed by atoms with Crippen LogP contribution in [-0.2, 0) is 11.4 Å². The summed E-state index contributed by atoms with van der Waals surface area (Å²) in [6.07, 6.45) is 2.84. The molecule has 0 radical (unpaired) electrons. The second-order valence-corrected chi connectivity index (χ2v) is 6.18. The third kappa shape index (κ3) is 6.05. The first kappa shape index (κ1) is 19.9. The number of hydrogen-bond donors (Lipinski definition) is 3. The number of ether oxygens (including phenoxy) is 1. The van der Waals surface area contributed by atoms with Gasteiger partial charge in [-0.3, -0.25) is 14.8 Å². The van der Waals surface area contributed by atoms with Crippen molar-refractivity contribution in [3.8, 4) is 5.75 Å². The van der Waals surface area contributed by atoms with Gasteiger partial charge < -0.3 is 10.1 Å². The minimum absolute atomic E-state index is 0.162. The Labute approximate surface area is 168 Å². The summed E-state index contributed by atoms with van der Waals surface area (Å²) in [4.78, 5) is 23.1. The largest absolute Gasteiger partial charge is 0.489 e. The van der Waals surface area contributed by atoms with Crippen molar-refractivity contribution in [1.29, 1.82) is 0 Å². The number of rotatable bonds is 7. The molecule has 0 saturated heterocycles. The Morgan fingerprint density at radius 1 is 0.897 bits per heavy atom. The Bertz CT molecular complexity index is 982. The van der Waals surface area contributed by atoms with Crippen molar-refractivity contribution in [2.45, 2.75) is 6.61 Å². The lowest BCUT2D eigenvalue weighted by Crippen LogP contribution is -2.14. The molecule has 0 atom stereocenters. The van der Waals surface area contributed by atoms with Gasteiger partial charge in [-0.05, 0) is 53.6 Å². The maximum atomic E-state index is 12.2. The third-order valence-corrected chi connectivity index (χ3v) is 4.07. The van der Waals surface area contributed by atoms with Crippen LogP contribution in [0.3, 0.4) is 0 Å². The van der Waals surface area contributed by atoms with Crippen LogP contribution < -0.4 is 15.5 Å². The second kappa shape index (κ2) is 9.87. The lowest BCUT2D eigenvalue weighted by molar-refractivity contribution is -0.124. The van der Waals surface area contributed by atoms with Gasteiger partial charge in [-0.1, -0.05) is 42.5 Å². The molecule has 0 unspecified atom stereocenters. The first-order valence-electron chi connectivity index (χ1n) is 8.94. The van der Waals surface area contributed by atoms with E-state index in [1.165, 1.54) is 11.6 Å². The van der Waals surface area contributed by atoms with E-state index in [1.807, 2.05) is 42.5 Å². The van der Waals surface area contributed by atoms with E-state index < -0.39 is 5.91 Å². The number of benzene rings is 3. The van der Waals surface area contributed by atoms with E-state index in [0.717, 1.165) is 11.1 Å². The van der Waals surface area contributed by atoms with E-state index in [1.54, 1.807) is 42.5 Å². The highest BCUT2D eigenvalue weighted by atomic mass is 16.5. The average Bonchev–Trinajstić information content (AvgIpc) is 2.78. The normalized spacial score (nSPS) is 10.5. The van der Waals surface area contributed by atoms with E-state index >= 15 is 0 Å². The van der Waals surface area contributed by atoms with Gasteiger partial charge in [-0.15, -0.1) is 0 Å². The van der Waals surface area contributed by atoms with Crippen LogP contribution in [0.2, 0.25) is 0 Å². The number of hydrogen-bond acceptors (Lipinski definition) is 4. The van der Waals surface area contributed by atoms with Crippen LogP contribution in [-0.4, -0.2) is 17.0 Å². The number of nitrogens with one attached hydrogen (secondary N) is 2. The fourth-order valence-corrected chi connectivity index (χ4v) is 2.53. The van der Waals surface area contributed by atoms with Crippen LogP contribution in [0, 0.1) is 0 Å². The van der Waals surface area contributed by atoms with Gasteiger partial charge in [0.15, 0.2) is 0 Å². The number of carbonyl (C=O) groups is 2. The van der Waals surface area contributed by atoms with Gasteiger partial charge in [-0.25, -0.2) is 5.48 Å². The molecule has 29 heavy (non-hydrogen) atoms. The highest BCUT2D eigenvalue weighted by Crippen LogP contribution is 2.18. The maximum absolute atomic E-state index is 12.2. The molecular formula is C23H20N2O4. The summed E-state index contributed by atoms with van der Waals surface area (Å²) in [5, 5.41) is 11.3. The van der Waals surface area contributed by atoms with Crippen molar-refractivity contribution >= 4 is 23.6 Å². The minimum atomic E-state index is -0.583. The SMILES string of the molecule is O=C(/C=C/c1ccc(COc2ccc(NC(=O)c3ccccc3)cc2)cc1)NO. The van der Waals surface area contributed by atoms with E-state index in [9.17, 15) is 9.59 Å². The van der Waals surface area contributed by atoms with Gasteiger partial charge in [0.1, 0.15) is 12.4 Å². The first-order valence-corrected chi connectivity index (χ1v) is 8.94. The van der Waals surface area contributed by atoms with Crippen molar-refractivity contribution in [3.63, 3.8) is 0 Å². The smallest absolute Gasteiger partial charge is 0.267 e. The second-order valence-electron chi connectivity index (χ2n) is 6.18. The summed E-state index contributed by atoms with van der Waals surface area (Å²) in [5.74, 6) is -0.0583. The molecule has 3 rings (SSSR count). The van der Waals surface area contributed by atoms with Crippen molar-refractivity contribution in [1.82, 2.24) is 5.48 Å². The summed E-state index contributed by atoms with van der Waals surface area (Å²) < 4.78 is 5.76. The molecule has 0 fully saturated rings. The molecule has 0 heterocycles. The molecule has 3 aromatic carbocycles. The van der Waals surface area contributed by atoms with E-state index in [4.69, 9.17) is 9.94 Å². The highest BCUT2D eigenvalue weighted by Gasteiger charge is 2.05. The predicted molar refractivity (Wildman–Crippen MR) is 111 cm³/mol. The molecule has 0 aliphatic heterocycles. The van der Waals surface area contributed by atoms with Crippen molar-refractivity contribution in [2.24, 2.45) is 0 Å². The molecule has 3 N–H and O–H groups in total. The molecule has 0 aliphatic carbocycles. The fraction of sp³-hybridized carbons (Fsp3) is 0.0435. The molecular weight excluding hydrogens is 368 g/mol. The standard InChI is InChI=1S/C23H20N2O4/c26-22(25-28)15-10-17-6-8-18(9-7-17)16-29-21-13-11-20(12-14-21)24-23(27)19-4-2-1-3-5-19/h1-15,28H,16H2,(H,24,27)(H,25,26)/b15-10+. The molecule has 6 heteroatoms. The summed E-state index contributed by atoms with van der Waals surface area (Å²) in [7, 11) is 0. The van der Waals surface area contributed by atoms with Crippen LogP contribution in [0.5, 0.6) is 5.75 Å². The third-order valence-electron chi connectivity index (χ3n) is 4.07. The van der Waals surface area contributed by atoms with Crippen LogP contribution in [0.25, 0.3) is 6.08 Å². The van der Waals surface area contributed by atoms with Gasteiger partial charge in [0.2, 0.25) is 0 Å². The Morgan fingerprint density at radius 3 is 2.24 bits per heavy atom. The summed E-state index contributed by atoms with van der Waals surface area (Å²) in [6.45, 7) is 0.386. The number of anilines is 1. The van der Waals surface area contributed by atoms with E-state index in [-0.39, 0.29) is 5.91 Å². The molecule has 0 bridgehead atoms. The van der Waals surface area contributed by atoms with Gasteiger partial charge >= 0.3 is 0 Å². The first-order chi connectivity index (χ1) is 14.1. The lowest BCUT2D eigenvalue weighted by Gasteiger charge is -2.09. The molecule has 0 aromatic heterocycles. The Morgan fingerprint density at radius 2 is 1.59 bits per heavy atom. The van der Waals surface area contributed by atoms with Crippen molar-refractivity contribution in [2.75, 3.05) is 5.32 Å². The van der Waals surface area contributed by atoms with Crippen LogP contribution in [0.1, 0.15) is 21.5 Å². The minimum Gasteiger partial charge on any atom is -0.489 e. The molecule has 0 saturated carbocycles. The monoisotopic (exact) mass is 388 g/mol. The highest BCUT2D eigenvalue weighted by molar-refractivity contribution is 6.04. The number of carbonyl (C=O) groups excluding carboxylic acids is 2. The molecule has 0 spiro atoms. The molecule has 146 valence electrons. The average molecular weight is 388 g/mol. The van der Waals surface area contributed by atoms with Crippen LogP contribution in [0.15, 0.2) is 84.9 Å². The predicted octanol–water partition coefficient (Wildman–Crippen LogP) is 4.04. The Balaban J connectivity index is 1.52. The topological polar surface area (TPSA) is 87.7 Å². The molecule has 3 aromatic rings. The summed E-state index contributed by atoms with van der Waals surface area (Å²) >= 11 is 0. The molecule has 2 amide bonds. The quantitative estimate of drug-likeness (QED) is 0.324. The fourth-order valence-electron chi connectivity index (χ4n) is 2.53. The molecule has 6 nitrogen and oxygen atoms in total. The van der Waals surface area contributed by atoms with Crippen LogP contribution in [0.4, 0.5) is 5.69 Å². The van der Waals surface area contributed by atoms with Crippen molar-refractivity contribution in [3.05, 3.63) is 102 Å². The zero-order valence-electron chi connectivity index (χ0n) is 15.5. The number of amides is 2. The van der Waals surface area contributed by atoms with Gasteiger partial charge in [0.05, 0.1) is 0 Å². The van der Waals surface area contributed by atoms with Gasteiger partial charge in [-0.2, -0.15) is 0 Å². The zero-order chi connectivity index (χ0) is 20.5. The maximum Gasteiger partial charge on any atom is 0.267 e. The Hall–Kier alpha value is -3.90. The lowest BCUT2D eigenvalue weighted by atomic mass is 10.1. The van der Waals surface area contributed by atoms with Crippen molar-refractivity contribution < 1.29 is 19.5 Å². The van der Waals surface area contributed by atoms with Gasteiger partial charge in [0.25, 0.3) is 11.8 Å². The Kier molecular flexibility index (Phi) is 6.75. The number of hydroxylamine groups is 1. The summed E-state index contributed by atoms with van der Waals surface area (Å²) in [6, 6.07) is 23.7. The summed E-state index contributed by atoms with van der Waals surface area (Å²) in [5.41, 5.74) is 4.63.